The number of hydrogen-bond acceptors (Lipinski definition) is 5. The number of rotatable bonds is 6. The fourth-order valence-corrected chi connectivity index (χ4v) is 5.61. The van der Waals surface area contributed by atoms with Crippen LogP contribution in [0.2, 0.25) is 0 Å². The largest absolute Gasteiger partial charge is 0.370 e. The Kier molecular flexibility index (Phi) is 5.24. The molecule has 4 amide bonds. The van der Waals surface area contributed by atoms with E-state index in [0.29, 0.717) is 11.4 Å². The number of carbonyl (C=O) groups is 4. The molecule has 2 saturated heterocycles. The number of imide groups is 1. The van der Waals surface area contributed by atoms with Gasteiger partial charge in [-0.2, -0.15) is 0 Å². The smallest absolute Gasteiger partial charge is 0.250 e. The second kappa shape index (κ2) is 8.02. The summed E-state index contributed by atoms with van der Waals surface area (Å²) in [4.78, 5) is 53.5. The number of amides is 4. The summed E-state index contributed by atoms with van der Waals surface area (Å²) >= 11 is 0. The highest BCUT2D eigenvalue weighted by atomic mass is 19.1. The van der Waals surface area contributed by atoms with Gasteiger partial charge in [-0.3, -0.25) is 24.5 Å². The third-order valence-electron chi connectivity index (χ3n) is 7.11. The van der Waals surface area contributed by atoms with Crippen LogP contribution in [0, 0.1) is 17.7 Å². The van der Waals surface area contributed by atoms with Crippen molar-refractivity contribution in [3.05, 3.63) is 59.4 Å². The van der Waals surface area contributed by atoms with Crippen LogP contribution in [0.25, 0.3) is 0 Å². The van der Waals surface area contributed by atoms with E-state index in [9.17, 15) is 23.6 Å². The second-order valence-electron chi connectivity index (χ2n) is 9.16. The van der Waals surface area contributed by atoms with Crippen LogP contribution < -0.4 is 21.3 Å². The quantitative estimate of drug-likeness (QED) is 0.565. The molecule has 0 bridgehead atoms. The third-order valence-corrected chi connectivity index (χ3v) is 7.11. The molecule has 176 valence electrons. The fourth-order valence-electron chi connectivity index (χ4n) is 5.61. The lowest BCUT2D eigenvalue weighted by Crippen LogP contribution is -2.53. The first-order chi connectivity index (χ1) is 16.3. The summed E-state index contributed by atoms with van der Waals surface area (Å²) < 4.78 is 14.2. The van der Waals surface area contributed by atoms with Crippen molar-refractivity contribution in [2.24, 2.45) is 17.6 Å². The molecule has 2 aromatic rings. The molecule has 0 unspecified atom stereocenters. The number of carbonyl (C=O) groups excluding carboxylic acids is 4. The number of aryl methyl sites for hydroxylation is 1. The van der Waals surface area contributed by atoms with Gasteiger partial charge in [0.05, 0.1) is 17.5 Å². The van der Waals surface area contributed by atoms with Crippen molar-refractivity contribution in [2.75, 3.05) is 10.2 Å². The molecule has 34 heavy (non-hydrogen) atoms. The van der Waals surface area contributed by atoms with Gasteiger partial charge < -0.3 is 11.1 Å². The molecule has 4 atom stereocenters. The highest BCUT2D eigenvalue weighted by Crippen LogP contribution is 2.54. The van der Waals surface area contributed by atoms with Gasteiger partial charge in [0.2, 0.25) is 23.6 Å². The van der Waals surface area contributed by atoms with Gasteiger partial charge in [0.1, 0.15) is 11.4 Å². The van der Waals surface area contributed by atoms with E-state index in [2.05, 4.69) is 17.6 Å². The number of unbranched alkanes of at least 4 members (excludes halogenated alkanes) is 1. The van der Waals surface area contributed by atoms with Crippen molar-refractivity contribution in [3.8, 4) is 0 Å². The maximum atomic E-state index is 14.2. The molecular formula is C25H25FN4O4. The van der Waals surface area contributed by atoms with Gasteiger partial charge in [0.25, 0.3) is 0 Å². The van der Waals surface area contributed by atoms with E-state index in [4.69, 9.17) is 5.73 Å². The summed E-state index contributed by atoms with van der Waals surface area (Å²) in [6, 6.07) is 10.1. The van der Waals surface area contributed by atoms with Crippen LogP contribution in [0.3, 0.4) is 0 Å². The monoisotopic (exact) mass is 464 g/mol. The van der Waals surface area contributed by atoms with Gasteiger partial charge in [-0.05, 0) is 48.7 Å². The van der Waals surface area contributed by atoms with Crippen LogP contribution in [0.4, 0.5) is 15.8 Å². The Balaban J connectivity index is 1.59. The summed E-state index contributed by atoms with van der Waals surface area (Å²) in [6.45, 7) is 2.10. The molecule has 3 aliphatic heterocycles. The van der Waals surface area contributed by atoms with E-state index in [1.54, 1.807) is 12.1 Å². The normalized spacial score (nSPS) is 27.3. The Bertz CT molecular complexity index is 1210. The highest BCUT2D eigenvalue weighted by Gasteiger charge is 2.70. The third kappa shape index (κ3) is 3.14. The Morgan fingerprint density at radius 2 is 1.85 bits per heavy atom. The molecule has 0 aromatic heterocycles. The fraction of sp³-hybridized carbons (Fsp3) is 0.360. The Morgan fingerprint density at radius 3 is 2.53 bits per heavy atom. The predicted molar refractivity (Wildman–Crippen MR) is 122 cm³/mol. The van der Waals surface area contributed by atoms with Crippen molar-refractivity contribution in [1.29, 1.82) is 0 Å². The Hall–Kier alpha value is -3.59. The summed E-state index contributed by atoms with van der Waals surface area (Å²) in [5.41, 5.74) is 5.85. The van der Waals surface area contributed by atoms with Gasteiger partial charge in [-0.15, -0.1) is 0 Å². The van der Waals surface area contributed by atoms with Crippen molar-refractivity contribution >= 4 is 35.0 Å². The Labute approximate surface area is 195 Å². The molecule has 0 aliphatic carbocycles. The SMILES string of the molecule is CCCCc1ccc(N2C(=O)[C@H]3[C@@H](C2=O)[C@@]2(N[C@@H]3CC(N)=O)C(=O)Nc3ccc(F)cc32)cc1. The van der Waals surface area contributed by atoms with E-state index in [0.717, 1.165) is 29.7 Å². The number of nitrogens with zero attached hydrogens (tertiary/aromatic N) is 1. The number of primary amides is 1. The van der Waals surface area contributed by atoms with Crippen LogP contribution in [-0.2, 0) is 31.1 Å². The van der Waals surface area contributed by atoms with Gasteiger partial charge in [0.15, 0.2) is 0 Å². The number of halogens is 1. The van der Waals surface area contributed by atoms with Crippen LogP contribution in [0.5, 0.6) is 0 Å². The van der Waals surface area contributed by atoms with Crippen molar-refractivity contribution in [3.63, 3.8) is 0 Å². The molecule has 2 aromatic carbocycles. The molecule has 8 nitrogen and oxygen atoms in total. The number of nitrogens with one attached hydrogen (secondary N) is 2. The predicted octanol–water partition coefficient (Wildman–Crippen LogP) is 1.97. The van der Waals surface area contributed by atoms with Crippen molar-refractivity contribution < 1.29 is 23.6 Å². The van der Waals surface area contributed by atoms with Gasteiger partial charge in [-0.1, -0.05) is 25.5 Å². The summed E-state index contributed by atoms with van der Waals surface area (Å²) in [6.07, 6.45) is 2.72. The highest BCUT2D eigenvalue weighted by molar-refractivity contribution is 6.25. The average molecular weight is 464 g/mol. The molecule has 5 rings (SSSR count). The van der Waals surface area contributed by atoms with Crippen LogP contribution in [0.15, 0.2) is 42.5 Å². The molecule has 0 radical (unpaired) electrons. The molecule has 9 heteroatoms. The zero-order valence-electron chi connectivity index (χ0n) is 18.6. The zero-order chi connectivity index (χ0) is 24.2. The lowest BCUT2D eigenvalue weighted by molar-refractivity contribution is -0.130. The standard InChI is InChI=1S/C25H25FN4O4/c1-2-3-4-13-5-8-15(9-6-13)30-22(32)20-18(12-19(27)31)29-25(21(20)23(30)33)16-11-14(26)7-10-17(16)28-24(25)34/h5-11,18,20-21,29H,2-4,12H2,1H3,(H2,27,31)(H,28,34)/t18-,20-,21+,25-/m1/s1. The number of fused-ring (bicyclic) bond motifs is 4. The van der Waals surface area contributed by atoms with E-state index in [1.807, 2.05) is 12.1 Å². The maximum Gasteiger partial charge on any atom is 0.250 e. The molecule has 0 saturated carbocycles. The van der Waals surface area contributed by atoms with Crippen molar-refractivity contribution in [1.82, 2.24) is 5.32 Å². The summed E-state index contributed by atoms with van der Waals surface area (Å²) in [5.74, 6) is -5.04. The first-order valence-corrected chi connectivity index (χ1v) is 11.4. The minimum Gasteiger partial charge on any atom is -0.370 e. The van der Waals surface area contributed by atoms with E-state index in [1.165, 1.54) is 18.2 Å². The lowest BCUT2D eigenvalue weighted by Gasteiger charge is -2.29. The van der Waals surface area contributed by atoms with Gasteiger partial charge in [0, 0.05) is 23.7 Å². The van der Waals surface area contributed by atoms with Crippen molar-refractivity contribution in [2.45, 2.75) is 44.2 Å². The van der Waals surface area contributed by atoms with Crippen LogP contribution in [0.1, 0.15) is 37.3 Å². The number of nitrogens with two attached hydrogens (primary N) is 1. The molecule has 4 N–H and O–H groups in total. The van der Waals surface area contributed by atoms with Crippen LogP contribution >= 0.6 is 0 Å². The molecule has 1 spiro atoms. The van der Waals surface area contributed by atoms with Gasteiger partial charge >= 0.3 is 0 Å². The average Bonchev–Trinajstić information content (AvgIpc) is 3.37. The molecule has 3 aliphatic rings. The number of benzene rings is 2. The number of hydrogen-bond donors (Lipinski definition) is 3. The zero-order valence-corrected chi connectivity index (χ0v) is 18.6. The van der Waals surface area contributed by atoms with Gasteiger partial charge in [-0.25, -0.2) is 9.29 Å². The first kappa shape index (κ1) is 22.2. The van der Waals surface area contributed by atoms with E-state index < -0.39 is 52.9 Å². The van der Waals surface area contributed by atoms with E-state index in [-0.39, 0.29) is 12.0 Å². The van der Waals surface area contributed by atoms with Crippen LogP contribution in [-0.4, -0.2) is 29.7 Å². The maximum absolute atomic E-state index is 14.2. The lowest BCUT2D eigenvalue weighted by atomic mass is 9.76. The molecule has 3 heterocycles. The number of anilines is 2. The summed E-state index contributed by atoms with van der Waals surface area (Å²) in [7, 11) is 0. The second-order valence-corrected chi connectivity index (χ2v) is 9.16. The minimum atomic E-state index is -1.68. The topological polar surface area (TPSA) is 122 Å². The first-order valence-electron chi connectivity index (χ1n) is 11.4. The molecule has 2 fully saturated rings. The minimum absolute atomic E-state index is 0.246. The molecular weight excluding hydrogens is 439 g/mol. The summed E-state index contributed by atoms with van der Waals surface area (Å²) in [5, 5.41) is 5.74. The van der Waals surface area contributed by atoms with E-state index >= 15 is 0 Å². The Morgan fingerprint density at radius 1 is 1.12 bits per heavy atom.